The number of amidine groups is 1. The second-order valence-electron chi connectivity index (χ2n) is 10.5. The van der Waals surface area contributed by atoms with E-state index in [4.69, 9.17) is 15.9 Å². The van der Waals surface area contributed by atoms with Crippen LogP contribution >= 0.6 is 11.8 Å². The molecule has 9 nitrogen and oxygen atoms in total. The van der Waals surface area contributed by atoms with Gasteiger partial charge in [-0.25, -0.2) is 0 Å². The Morgan fingerprint density at radius 2 is 1.95 bits per heavy atom. The second kappa shape index (κ2) is 10.4. The van der Waals surface area contributed by atoms with Crippen LogP contribution in [0.15, 0.2) is 47.7 Å². The van der Waals surface area contributed by atoms with Crippen LogP contribution in [0.4, 0.5) is 0 Å². The molecule has 37 heavy (non-hydrogen) atoms. The SMILES string of the molecule is C[C@@H](O)[C@H]1C(=O)N2C(C(=O)[O-])=C(COc3cccc4c(C[N+](C)(C)CCSC(=N)N)cccc34)[C@H](C)[C@H]12. The minimum atomic E-state index is -1.41. The number of β-lactam (4-membered cyclic amide) rings is 1. The first-order valence-electron chi connectivity index (χ1n) is 12.3. The molecule has 0 spiro atoms. The number of hydrogen-bond acceptors (Lipinski definition) is 7. The lowest BCUT2D eigenvalue weighted by Gasteiger charge is -2.47. The van der Waals surface area contributed by atoms with Gasteiger partial charge in [0.15, 0.2) is 5.17 Å². The van der Waals surface area contributed by atoms with Crippen LogP contribution in [-0.2, 0) is 16.1 Å². The lowest BCUT2D eigenvalue weighted by molar-refractivity contribution is -0.901. The van der Waals surface area contributed by atoms with Crippen LogP contribution in [0.25, 0.3) is 10.8 Å². The van der Waals surface area contributed by atoms with Crippen molar-refractivity contribution in [3.63, 3.8) is 0 Å². The quantitative estimate of drug-likeness (QED) is 0.183. The number of carboxylic acid groups (broad SMARTS) is 1. The average molecular weight is 527 g/mol. The van der Waals surface area contributed by atoms with E-state index < -0.39 is 29.9 Å². The van der Waals surface area contributed by atoms with Gasteiger partial charge >= 0.3 is 0 Å². The largest absolute Gasteiger partial charge is 0.543 e. The van der Waals surface area contributed by atoms with Crippen LogP contribution in [0.3, 0.4) is 0 Å². The van der Waals surface area contributed by atoms with Crippen molar-refractivity contribution in [3.8, 4) is 5.75 Å². The summed E-state index contributed by atoms with van der Waals surface area (Å²) in [6, 6.07) is 11.5. The Labute approximate surface area is 221 Å². The molecule has 4 rings (SSSR count). The highest BCUT2D eigenvalue weighted by Crippen LogP contribution is 2.47. The first kappa shape index (κ1) is 27.0. The zero-order chi connectivity index (χ0) is 27.1. The molecule has 1 amide bonds. The topological polar surface area (TPSA) is 140 Å². The second-order valence-corrected chi connectivity index (χ2v) is 11.6. The number of carbonyl (C=O) groups is 2. The summed E-state index contributed by atoms with van der Waals surface area (Å²) in [5, 5.41) is 31.5. The van der Waals surface area contributed by atoms with Crippen molar-refractivity contribution >= 4 is 39.6 Å². The average Bonchev–Trinajstić information content (AvgIpc) is 3.05. The number of thioether (sulfide) groups is 1. The van der Waals surface area contributed by atoms with Gasteiger partial charge in [-0.3, -0.25) is 10.2 Å². The monoisotopic (exact) mass is 526 g/mol. The number of amides is 1. The molecule has 2 aromatic carbocycles. The van der Waals surface area contributed by atoms with Crippen molar-refractivity contribution in [2.75, 3.05) is 33.0 Å². The van der Waals surface area contributed by atoms with E-state index in [1.807, 2.05) is 37.3 Å². The number of benzene rings is 2. The van der Waals surface area contributed by atoms with Gasteiger partial charge in [-0.1, -0.05) is 49.0 Å². The van der Waals surface area contributed by atoms with E-state index in [1.165, 1.54) is 16.7 Å². The molecule has 0 bridgehead atoms. The number of rotatable bonds is 10. The van der Waals surface area contributed by atoms with E-state index in [-0.39, 0.29) is 23.4 Å². The van der Waals surface area contributed by atoms with Gasteiger partial charge in [0.1, 0.15) is 18.9 Å². The van der Waals surface area contributed by atoms with Crippen molar-refractivity contribution in [1.82, 2.24) is 4.90 Å². The first-order valence-corrected chi connectivity index (χ1v) is 13.3. The molecule has 2 aliphatic heterocycles. The number of nitrogens with two attached hydrogens (primary N) is 1. The maximum atomic E-state index is 12.6. The van der Waals surface area contributed by atoms with E-state index in [0.29, 0.717) is 11.3 Å². The van der Waals surface area contributed by atoms with Crippen molar-refractivity contribution in [3.05, 3.63) is 53.2 Å². The van der Waals surface area contributed by atoms with Gasteiger partial charge in [-0.05, 0) is 23.9 Å². The molecule has 198 valence electrons. The van der Waals surface area contributed by atoms with E-state index in [1.54, 1.807) is 6.92 Å². The highest BCUT2D eigenvalue weighted by molar-refractivity contribution is 8.13. The number of carboxylic acids is 1. The van der Waals surface area contributed by atoms with Crippen molar-refractivity contribution in [1.29, 1.82) is 5.41 Å². The summed E-state index contributed by atoms with van der Waals surface area (Å²) in [5.74, 6) is -1.32. The minimum Gasteiger partial charge on any atom is -0.543 e. The van der Waals surface area contributed by atoms with E-state index in [2.05, 4.69) is 20.2 Å². The maximum absolute atomic E-state index is 12.6. The molecule has 4 atom stereocenters. The zero-order valence-electron chi connectivity index (χ0n) is 21.6. The molecule has 1 saturated heterocycles. The molecule has 2 aliphatic rings. The third-order valence-corrected chi connectivity index (χ3v) is 8.11. The molecule has 4 N–H and O–H groups in total. The van der Waals surface area contributed by atoms with Crippen LogP contribution in [-0.4, -0.2) is 76.7 Å². The van der Waals surface area contributed by atoms with E-state index >= 15 is 0 Å². The predicted octanol–water partition coefficient (Wildman–Crippen LogP) is 1.28. The number of fused-ring (bicyclic) bond motifs is 2. The van der Waals surface area contributed by atoms with Gasteiger partial charge in [-0.2, -0.15) is 0 Å². The van der Waals surface area contributed by atoms with Gasteiger partial charge < -0.3 is 34.9 Å². The van der Waals surface area contributed by atoms with Gasteiger partial charge in [0.25, 0.3) is 0 Å². The van der Waals surface area contributed by atoms with Crippen LogP contribution in [0, 0.1) is 17.2 Å². The number of nitrogens with zero attached hydrogens (tertiary/aromatic N) is 2. The number of aliphatic hydroxyl groups excluding tert-OH is 1. The number of carbonyl (C=O) groups excluding carboxylic acids is 2. The van der Waals surface area contributed by atoms with Crippen LogP contribution in [0.2, 0.25) is 0 Å². The third-order valence-electron chi connectivity index (χ3n) is 7.42. The molecule has 0 aliphatic carbocycles. The van der Waals surface area contributed by atoms with Gasteiger partial charge in [0, 0.05) is 16.9 Å². The zero-order valence-corrected chi connectivity index (χ0v) is 22.4. The van der Waals surface area contributed by atoms with Gasteiger partial charge in [-0.15, -0.1) is 0 Å². The summed E-state index contributed by atoms with van der Waals surface area (Å²) in [6.07, 6.45) is -0.861. The third kappa shape index (κ3) is 5.18. The number of ether oxygens (including phenoxy) is 1. The standard InChI is InChI=1S/C27H34N4O5S/c1-15-20(24(26(34)35)30-23(15)22(16(2)32)25(30)33)14-36-21-10-6-8-18-17(7-5-9-19(18)21)13-31(3,4)11-12-37-27(28)29/h5-10,15-16,22-23,32H,11-14H2,1-4H3,(H3-,28,29,34,35)/t15-,16+,22+,23+/m0/s1. The molecule has 0 radical (unpaired) electrons. The molecule has 0 aromatic heterocycles. The normalized spacial score (nSPS) is 22.1. The Kier molecular flexibility index (Phi) is 7.55. The summed E-state index contributed by atoms with van der Waals surface area (Å²) < 4.78 is 6.91. The number of nitrogens with one attached hydrogen (secondary N) is 1. The molecule has 10 heteroatoms. The van der Waals surface area contributed by atoms with Crippen LogP contribution in [0.5, 0.6) is 5.75 Å². The molecule has 0 saturated carbocycles. The van der Waals surface area contributed by atoms with E-state index in [0.717, 1.165) is 39.7 Å². The molecule has 1 fully saturated rings. The molecular formula is C27H34N4O5S. The van der Waals surface area contributed by atoms with E-state index in [9.17, 15) is 19.8 Å². The fourth-order valence-corrected chi connectivity index (χ4v) is 6.34. The highest BCUT2D eigenvalue weighted by Gasteiger charge is 2.58. The van der Waals surface area contributed by atoms with Gasteiger partial charge in [0.2, 0.25) is 5.91 Å². The summed E-state index contributed by atoms with van der Waals surface area (Å²) >= 11 is 1.34. The minimum absolute atomic E-state index is 0.00442. The molecular weight excluding hydrogens is 492 g/mol. The number of hydrogen-bond donors (Lipinski definition) is 3. The lowest BCUT2D eigenvalue weighted by atomic mass is 9.78. The molecule has 2 aromatic rings. The summed E-state index contributed by atoms with van der Waals surface area (Å²) in [5.41, 5.74) is 6.99. The fourth-order valence-electron chi connectivity index (χ4n) is 5.53. The lowest BCUT2D eigenvalue weighted by Crippen LogP contribution is -2.64. The predicted molar refractivity (Wildman–Crippen MR) is 141 cm³/mol. The molecule has 2 heterocycles. The van der Waals surface area contributed by atoms with Gasteiger partial charge in [0.05, 0.1) is 56.1 Å². The van der Waals surface area contributed by atoms with Crippen molar-refractivity contribution in [2.24, 2.45) is 17.6 Å². The fraction of sp³-hybridized carbons (Fsp3) is 0.444. The smallest absolute Gasteiger partial charge is 0.235 e. The Hall–Kier alpha value is -3.08. The highest BCUT2D eigenvalue weighted by atomic mass is 32.2. The number of aliphatic carboxylic acids is 1. The maximum Gasteiger partial charge on any atom is 0.235 e. The summed E-state index contributed by atoms with van der Waals surface area (Å²) in [6.45, 7) is 5.04. The number of aliphatic hydroxyl groups is 1. The Morgan fingerprint density at radius 3 is 2.59 bits per heavy atom. The first-order chi connectivity index (χ1) is 17.4. The van der Waals surface area contributed by atoms with Crippen LogP contribution < -0.4 is 15.6 Å². The molecule has 0 unspecified atom stereocenters. The Bertz CT molecular complexity index is 1270. The Morgan fingerprint density at radius 1 is 1.27 bits per heavy atom. The van der Waals surface area contributed by atoms with Crippen molar-refractivity contribution in [2.45, 2.75) is 32.5 Å². The summed E-state index contributed by atoms with van der Waals surface area (Å²) in [4.78, 5) is 25.8. The number of quaternary nitrogens is 1. The summed E-state index contributed by atoms with van der Waals surface area (Å²) in [7, 11) is 4.28. The van der Waals surface area contributed by atoms with Crippen molar-refractivity contribution < 1.29 is 29.0 Å². The Balaban J connectivity index is 1.57. The van der Waals surface area contributed by atoms with Crippen LogP contribution in [0.1, 0.15) is 19.4 Å².